The van der Waals surface area contributed by atoms with Crippen LogP contribution >= 0.6 is 0 Å². The number of hydrogen-bond donors (Lipinski definition) is 3. The number of nitrogens with one attached hydrogen (secondary N) is 2. The summed E-state index contributed by atoms with van der Waals surface area (Å²) in [6, 6.07) is 11.8. The minimum Gasteiger partial charge on any atom is -0.508 e. The number of aromatic hydroxyl groups is 1. The number of carbonyl (C=O) groups is 2. The number of benzene rings is 2. The van der Waals surface area contributed by atoms with Crippen molar-refractivity contribution in [3.63, 3.8) is 0 Å². The Morgan fingerprint density at radius 3 is 2.79 bits per heavy atom. The lowest BCUT2D eigenvalue weighted by molar-refractivity contribution is -0.142. The highest BCUT2D eigenvalue weighted by molar-refractivity contribution is 6.00. The number of H-pyrrole nitrogens is 1. The van der Waals surface area contributed by atoms with Crippen molar-refractivity contribution in [1.29, 1.82) is 0 Å². The van der Waals surface area contributed by atoms with Crippen molar-refractivity contribution in [2.24, 2.45) is 0 Å². The zero-order valence-electron chi connectivity index (χ0n) is 21.6. The molecule has 6 rings (SSSR count). The fraction of sp³-hybridized carbons (Fsp3) is 0.300. The first-order valence-electron chi connectivity index (χ1n) is 13.2. The Kier molecular flexibility index (Phi) is 6.56. The summed E-state index contributed by atoms with van der Waals surface area (Å²) in [7, 11) is 1.30. The molecule has 0 aliphatic heterocycles. The van der Waals surface area contributed by atoms with Gasteiger partial charge in [-0.2, -0.15) is 0 Å². The van der Waals surface area contributed by atoms with Gasteiger partial charge in [-0.05, 0) is 60.9 Å². The molecule has 200 valence electrons. The quantitative estimate of drug-likeness (QED) is 0.241. The zero-order valence-corrected chi connectivity index (χ0v) is 21.6. The molecule has 0 bridgehead atoms. The summed E-state index contributed by atoms with van der Waals surface area (Å²) in [4.78, 5) is 34.1. The zero-order chi connectivity index (χ0) is 26.9. The molecule has 0 unspecified atom stereocenters. The number of ether oxygens (including phenoxy) is 1. The van der Waals surface area contributed by atoms with E-state index in [0.29, 0.717) is 17.1 Å². The molecule has 0 radical (unpaired) electrons. The van der Waals surface area contributed by atoms with E-state index < -0.39 is 17.9 Å². The normalized spacial score (nSPS) is 15.0. The molecule has 3 aromatic heterocycles. The highest BCUT2D eigenvalue weighted by Gasteiger charge is 2.26. The molecule has 3 N–H and O–H groups in total. The molecule has 0 saturated heterocycles. The minimum atomic E-state index is -0.916. The molecule has 1 aliphatic rings. The van der Waals surface area contributed by atoms with Crippen molar-refractivity contribution in [1.82, 2.24) is 19.9 Å². The number of aromatic nitrogens is 3. The van der Waals surface area contributed by atoms with E-state index in [-0.39, 0.29) is 12.2 Å². The Bertz CT molecular complexity index is 1640. The minimum absolute atomic E-state index is 0.123. The number of hydrogen-bond acceptors (Lipinski definition) is 6. The van der Waals surface area contributed by atoms with Gasteiger partial charge in [0.1, 0.15) is 23.9 Å². The largest absolute Gasteiger partial charge is 0.508 e. The number of furan rings is 1. The van der Waals surface area contributed by atoms with Crippen molar-refractivity contribution in [3.05, 3.63) is 72.3 Å². The Balaban J connectivity index is 1.30. The average molecular weight is 527 g/mol. The van der Waals surface area contributed by atoms with Gasteiger partial charge in [0.15, 0.2) is 0 Å². The molecule has 9 nitrogen and oxygen atoms in total. The van der Waals surface area contributed by atoms with Crippen molar-refractivity contribution in [2.45, 2.75) is 50.6 Å². The molecule has 1 fully saturated rings. The Morgan fingerprint density at radius 2 is 2.03 bits per heavy atom. The fourth-order valence-corrected chi connectivity index (χ4v) is 5.68. The third-order valence-corrected chi connectivity index (χ3v) is 7.64. The first-order valence-corrected chi connectivity index (χ1v) is 13.2. The first kappa shape index (κ1) is 24.8. The van der Waals surface area contributed by atoms with Crippen LogP contribution in [0.2, 0.25) is 0 Å². The van der Waals surface area contributed by atoms with Gasteiger partial charge in [0.25, 0.3) is 5.91 Å². The summed E-state index contributed by atoms with van der Waals surface area (Å²) in [5.41, 5.74) is 4.59. The molecule has 1 saturated carbocycles. The summed E-state index contributed by atoms with van der Waals surface area (Å²) in [5, 5.41) is 13.5. The smallest absolute Gasteiger partial charge is 0.328 e. The van der Waals surface area contributed by atoms with Gasteiger partial charge in [-0.15, -0.1) is 0 Å². The van der Waals surface area contributed by atoms with Gasteiger partial charge in [-0.3, -0.25) is 4.79 Å². The van der Waals surface area contributed by atoms with E-state index in [0.717, 1.165) is 46.2 Å². The van der Waals surface area contributed by atoms with Crippen molar-refractivity contribution >= 4 is 33.8 Å². The highest BCUT2D eigenvalue weighted by Crippen LogP contribution is 2.36. The molecule has 5 aromatic rings. The predicted octanol–water partition coefficient (Wildman–Crippen LogP) is 5.50. The molecule has 1 amide bonds. The number of phenolic OH excluding ortho intramolecular Hbond substituents is 1. The van der Waals surface area contributed by atoms with Crippen LogP contribution in [0.1, 0.15) is 54.1 Å². The lowest BCUT2D eigenvalue weighted by atomic mass is 9.95. The molecule has 1 aliphatic carbocycles. The molecule has 1 atom stereocenters. The lowest BCUT2D eigenvalue weighted by Gasteiger charge is -2.25. The maximum atomic E-state index is 13.4. The third kappa shape index (κ3) is 4.76. The maximum absolute atomic E-state index is 13.4. The third-order valence-electron chi connectivity index (χ3n) is 7.64. The molecule has 39 heavy (non-hydrogen) atoms. The number of carbonyl (C=O) groups excluding carboxylic acids is 2. The summed E-state index contributed by atoms with van der Waals surface area (Å²) in [6.45, 7) is 0. The molecular formula is C30H30N4O5. The summed E-state index contributed by atoms with van der Waals surface area (Å²) in [5.74, 6) is 0.00538. The fourth-order valence-electron chi connectivity index (χ4n) is 5.68. The highest BCUT2D eigenvalue weighted by atomic mass is 16.5. The number of nitrogens with zero attached hydrogens (tertiary/aromatic N) is 2. The van der Waals surface area contributed by atoms with Crippen molar-refractivity contribution in [3.8, 4) is 17.1 Å². The van der Waals surface area contributed by atoms with Crippen LogP contribution in [-0.4, -0.2) is 44.7 Å². The summed E-state index contributed by atoms with van der Waals surface area (Å²) in [6.07, 6.45) is 11.1. The van der Waals surface area contributed by atoms with Crippen LogP contribution in [0, 0.1) is 0 Å². The molecule has 9 heteroatoms. The Hall–Kier alpha value is -4.53. The van der Waals surface area contributed by atoms with Gasteiger partial charge in [0, 0.05) is 35.1 Å². The van der Waals surface area contributed by atoms with E-state index >= 15 is 0 Å². The number of aromatic amines is 1. The van der Waals surface area contributed by atoms with Crippen LogP contribution in [0.5, 0.6) is 5.75 Å². The van der Waals surface area contributed by atoms with E-state index in [1.165, 1.54) is 26.4 Å². The van der Waals surface area contributed by atoms with E-state index in [4.69, 9.17) is 14.1 Å². The lowest BCUT2D eigenvalue weighted by Crippen LogP contribution is -2.43. The van der Waals surface area contributed by atoms with Crippen LogP contribution in [-0.2, 0) is 16.0 Å². The number of imidazole rings is 1. The second-order valence-corrected chi connectivity index (χ2v) is 10.1. The number of rotatable bonds is 7. The van der Waals surface area contributed by atoms with Crippen molar-refractivity contribution < 1.29 is 23.8 Å². The van der Waals surface area contributed by atoms with Crippen LogP contribution in [0.25, 0.3) is 33.3 Å². The van der Waals surface area contributed by atoms with Crippen LogP contribution in [0.3, 0.4) is 0 Å². The number of fused-ring (bicyclic) bond motifs is 2. The number of amides is 1. The molecule has 0 spiro atoms. The Morgan fingerprint density at radius 1 is 1.18 bits per heavy atom. The van der Waals surface area contributed by atoms with Crippen LogP contribution < -0.4 is 5.32 Å². The van der Waals surface area contributed by atoms with Gasteiger partial charge in [-0.25, -0.2) is 9.78 Å². The topological polar surface area (TPSA) is 122 Å². The summed E-state index contributed by atoms with van der Waals surface area (Å²) < 4.78 is 12.6. The predicted molar refractivity (Wildman–Crippen MR) is 146 cm³/mol. The van der Waals surface area contributed by atoms with E-state index in [1.807, 2.05) is 12.1 Å². The molecule has 2 aromatic carbocycles. The van der Waals surface area contributed by atoms with Gasteiger partial charge in [0.05, 0.1) is 30.0 Å². The standard InChI is InChI=1S/C30H30N4O5/c1-38-30(37)26(14-20-16-31-24-9-8-22(35)15-23(20)24)33-29(36)18-7-10-27-25(13-18)32-28(19-11-12-39-17-19)34(27)21-5-3-2-4-6-21/h7-13,15-17,21,26,31,35H,2-6,14H2,1H3,(H,33,36)/t26-/m0/s1. The van der Waals surface area contributed by atoms with E-state index in [9.17, 15) is 14.7 Å². The SMILES string of the molecule is COC(=O)[C@H](Cc1c[nH]c2ccc(O)cc12)NC(=O)c1ccc2c(c1)nc(-c1ccoc1)n2C1CCCCC1. The first-order chi connectivity index (χ1) is 19.0. The summed E-state index contributed by atoms with van der Waals surface area (Å²) >= 11 is 0. The van der Waals surface area contributed by atoms with E-state index in [1.54, 1.807) is 49.1 Å². The van der Waals surface area contributed by atoms with Crippen LogP contribution in [0.15, 0.2) is 65.6 Å². The second kappa shape index (κ2) is 10.3. The van der Waals surface area contributed by atoms with Gasteiger partial charge in [-0.1, -0.05) is 19.3 Å². The molecular weight excluding hydrogens is 496 g/mol. The maximum Gasteiger partial charge on any atom is 0.328 e. The van der Waals surface area contributed by atoms with Gasteiger partial charge >= 0.3 is 5.97 Å². The van der Waals surface area contributed by atoms with Gasteiger partial charge < -0.3 is 29.1 Å². The molecule has 3 heterocycles. The monoisotopic (exact) mass is 526 g/mol. The number of esters is 1. The van der Waals surface area contributed by atoms with Crippen molar-refractivity contribution in [2.75, 3.05) is 7.11 Å². The Labute approximate surface area is 224 Å². The number of methoxy groups -OCH3 is 1. The second-order valence-electron chi connectivity index (χ2n) is 10.1. The van der Waals surface area contributed by atoms with E-state index in [2.05, 4.69) is 14.9 Å². The van der Waals surface area contributed by atoms with Crippen LogP contribution in [0.4, 0.5) is 0 Å². The van der Waals surface area contributed by atoms with Gasteiger partial charge in [0.2, 0.25) is 0 Å². The number of phenols is 1. The average Bonchev–Trinajstić information content (AvgIpc) is 3.71.